The van der Waals surface area contributed by atoms with Crippen LogP contribution in [0.4, 0.5) is 0 Å². The number of sulfone groups is 1. The van der Waals surface area contributed by atoms with Crippen LogP contribution in [0, 0.1) is 20.5 Å². The minimum atomic E-state index is -4.32. The minimum Gasteiger partial charge on any atom is -0.611 e. The van der Waals surface area contributed by atoms with E-state index in [1.807, 2.05) is 0 Å². The number of hydrogen-bond acceptors (Lipinski definition) is 6. The normalized spacial score (nSPS) is 18.0. The Labute approximate surface area is 83.8 Å². The smallest absolute Gasteiger partial charge is 0.332 e. The van der Waals surface area contributed by atoms with E-state index in [9.17, 15) is 28.9 Å². The van der Waals surface area contributed by atoms with Crippen molar-refractivity contribution in [1.29, 1.82) is 0 Å². The monoisotopic (exact) mass is 237 g/mol. The Morgan fingerprint density at radius 3 is 1.93 bits per heavy atom. The molecule has 0 unspecified atom stereocenters. The van der Waals surface area contributed by atoms with Crippen LogP contribution in [-0.2, 0) is 9.84 Å². The van der Waals surface area contributed by atoms with Crippen LogP contribution in [0.2, 0.25) is 0 Å². The summed E-state index contributed by atoms with van der Waals surface area (Å²) < 4.78 is 22.0. The van der Waals surface area contributed by atoms with Crippen LogP contribution in [0.1, 0.15) is 0 Å². The third kappa shape index (κ3) is 1.94. The van der Waals surface area contributed by atoms with Gasteiger partial charge in [-0.15, -0.1) is 0 Å². The maximum atomic E-state index is 11.0. The lowest BCUT2D eigenvalue weighted by atomic mass is 10.3. The predicted octanol–water partition coefficient (Wildman–Crippen LogP) is -0.128. The van der Waals surface area contributed by atoms with E-state index in [1.165, 1.54) is 0 Å². The standard InChI is InChI=1S/C5H3N2O6S.H3N/c1-3-4(6(8)9)2-14(12,13)5(3)7(10)11;/h2H,1H2;1H3/q-1;/p+1. The number of allylic oxidation sites excluding steroid dienone is 1. The first-order valence-corrected chi connectivity index (χ1v) is 4.64. The van der Waals surface area contributed by atoms with Crippen molar-refractivity contribution in [3.05, 3.63) is 43.8 Å². The van der Waals surface area contributed by atoms with E-state index < -0.39 is 36.0 Å². The van der Waals surface area contributed by atoms with E-state index in [0.717, 1.165) is 0 Å². The van der Waals surface area contributed by atoms with Crippen molar-refractivity contribution in [2.75, 3.05) is 0 Å². The van der Waals surface area contributed by atoms with Gasteiger partial charge in [0.15, 0.2) is 0 Å². The van der Waals surface area contributed by atoms with Gasteiger partial charge in [0.05, 0.1) is 4.92 Å². The van der Waals surface area contributed by atoms with Gasteiger partial charge in [0.2, 0.25) is 0 Å². The highest BCUT2D eigenvalue weighted by Gasteiger charge is 2.43. The molecule has 84 valence electrons. The van der Waals surface area contributed by atoms with Crippen molar-refractivity contribution in [2.45, 2.75) is 0 Å². The number of nitro groups is 1. The summed E-state index contributed by atoms with van der Waals surface area (Å²) >= 11 is 0. The lowest BCUT2D eigenvalue weighted by Gasteiger charge is -2.05. The number of quaternary nitrogens is 1. The zero-order valence-corrected chi connectivity index (χ0v) is 8.35. The molecule has 0 aliphatic carbocycles. The molecule has 0 saturated heterocycles. The summed E-state index contributed by atoms with van der Waals surface area (Å²) in [6.45, 7) is 2.99. The van der Waals surface area contributed by atoms with Crippen molar-refractivity contribution < 1.29 is 18.2 Å². The molecule has 0 bridgehead atoms. The van der Waals surface area contributed by atoms with Crippen molar-refractivity contribution in [2.24, 2.45) is 0 Å². The van der Waals surface area contributed by atoms with Gasteiger partial charge in [0, 0.05) is 0 Å². The summed E-state index contributed by atoms with van der Waals surface area (Å²) in [5.41, 5.74) is -1.56. The Hall–Kier alpha value is -1.94. The Balaban J connectivity index is 0.00000196. The van der Waals surface area contributed by atoms with Gasteiger partial charge >= 0.3 is 5.04 Å². The first-order chi connectivity index (χ1) is 6.27. The lowest BCUT2D eigenvalue weighted by molar-refractivity contribution is -0.420. The zero-order chi connectivity index (χ0) is 11.1. The first kappa shape index (κ1) is 13.1. The molecule has 9 nitrogen and oxygen atoms in total. The van der Waals surface area contributed by atoms with Crippen LogP contribution < -0.4 is 6.15 Å². The molecule has 0 atom stereocenters. The van der Waals surface area contributed by atoms with E-state index in [0.29, 0.717) is 0 Å². The van der Waals surface area contributed by atoms with Crippen LogP contribution in [0.25, 0.3) is 0 Å². The Morgan fingerprint density at radius 2 is 1.73 bits per heavy atom. The molecule has 0 saturated carbocycles. The quantitative estimate of drug-likeness (QED) is 0.379. The van der Waals surface area contributed by atoms with Crippen molar-refractivity contribution in [1.82, 2.24) is 6.15 Å². The summed E-state index contributed by atoms with van der Waals surface area (Å²) in [6.07, 6.45) is 0. The van der Waals surface area contributed by atoms with E-state index in [2.05, 4.69) is 6.58 Å². The molecule has 0 aromatic carbocycles. The first-order valence-electron chi connectivity index (χ1n) is 3.09. The maximum absolute atomic E-state index is 11.0. The summed E-state index contributed by atoms with van der Waals surface area (Å²) in [5.74, 6) is 0. The van der Waals surface area contributed by atoms with Crippen LogP contribution in [0.15, 0.2) is 23.3 Å². The van der Waals surface area contributed by atoms with Crippen molar-refractivity contribution in [3.63, 3.8) is 0 Å². The van der Waals surface area contributed by atoms with Gasteiger partial charge in [-0.2, -0.15) is 4.90 Å². The van der Waals surface area contributed by atoms with Gasteiger partial charge in [0.25, 0.3) is 15.5 Å². The molecule has 4 N–H and O–H groups in total. The molecular weight excluding hydrogens is 230 g/mol. The van der Waals surface area contributed by atoms with Gasteiger partial charge in [-0.25, -0.2) is 8.42 Å². The van der Waals surface area contributed by atoms with Crippen LogP contribution in [0.3, 0.4) is 0 Å². The molecule has 10 heteroatoms. The Morgan fingerprint density at radius 1 is 1.27 bits per heavy atom. The molecule has 1 rings (SSSR count). The number of nitrogens with zero attached hydrogens (tertiary/aromatic N) is 2. The van der Waals surface area contributed by atoms with Crippen molar-refractivity contribution >= 4 is 14.9 Å². The molecule has 1 aliphatic rings. The molecule has 0 fully saturated rings. The summed E-state index contributed by atoms with van der Waals surface area (Å²) in [7, 11) is -4.32. The van der Waals surface area contributed by atoms with Crippen LogP contribution in [-0.4, -0.2) is 23.3 Å². The van der Waals surface area contributed by atoms with E-state index in [-0.39, 0.29) is 11.6 Å². The van der Waals surface area contributed by atoms with E-state index in [1.54, 1.807) is 0 Å². The maximum Gasteiger partial charge on any atom is 0.332 e. The fourth-order valence-corrected chi connectivity index (χ4v) is 2.21. The number of rotatable bonds is 1. The Bertz CT molecular complexity index is 483. The fourth-order valence-electron chi connectivity index (χ4n) is 0.922. The zero-order valence-electron chi connectivity index (χ0n) is 7.54. The van der Waals surface area contributed by atoms with E-state index in [4.69, 9.17) is 0 Å². The van der Waals surface area contributed by atoms with Gasteiger partial charge in [0.1, 0.15) is 11.0 Å². The van der Waals surface area contributed by atoms with Gasteiger partial charge < -0.3 is 16.6 Å². The third-order valence-corrected chi connectivity index (χ3v) is 2.93. The molecular formula is C5H7N3O6S. The highest BCUT2D eigenvalue weighted by atomic mass is 32.2. The molecule has 0 amide bonds. The van der Waals surface area contributed by atoms with Crippen LogP contribution in [0.5, 0.6) is 0 Å². The van der Waals surface area contributed by atoms with E-state index >= 15 is 0 Å². The molecule has 1 aliphatic heterocycles. The molecule has 0 spiro atoms. The molecule has 0 aromatic heterocycles. The van der Waals surface area contributed by atoms with Crippen molar-refractivity contribution in [3.8, 4) is 0 Å². The molecule has 0 radical (unpaired) electrons. The summed E-state index contributed by atoms with van der Waals surface area (Å²) in [5, 5.41) is 29.8. The second kappa shape index (κ2) is 3.67. The summed E-state index contributed by atoms with van der Waals surface area (Å²) in [6, 6.07) is 0. The van der Waals surface area contributed by atoms with Gasteiger partial charge in [-0.1, -0.05) is 6.58 Å². The summed E-state index contributed by atoms with van der Waals surface area (Å²) in [4.78, 5) is 8.01. The second-order valence-electron chi connectivity index (χ2n) is 2.35. The highest BCUT2D eigenvalue weighted by molar-refractivity contribution is 8.09. The Kier molecular flexibility index (Phi) is 3.19. The lowest BCUT2D eigenvalue weighted by Crippen LogP contribution is -2.18. The third-order valence-electron chi connectivity index (χ3n) is 1.47. The average Bonchev–Trinajstić information content (AvgIpc) is 2.20. The molecule has 1 heterocycles. The minimum absolute atomic E-state index is 0. The molecule has 0 aromatic rings. The van der Waals surface area contributed by atoms with Crippen LogP contribution >= 0.6 is 0 Å². The largest absolute Gasteiger partial charge is 0.611 e. The fraction of sp³-hybridized carbons (Fsp3) is 0. The SMILES string of the molecule is C=C1C([N+](=O)[O-])=CS(=O)(=O)C1=[N+]([O-])[O-].[NH4+]. The second-order valence-corrected chi connectivity index (χ2v) is 4.06. The topological polar surface area (TPSA) is 163 Å². The predicted molar refractivity (Wildman–Crippen MR) is 51.1 cm³/mol. The average molecular weight is 237 g/mol. The highest BCUT2D eigenvalue weighted by Crippen LogP contribution is 2.24. The van der Waals surface area contributed by atoms with Gasteiger partial charge in [-0.3, -0.25) is 10.1 Å². The van der Waals surface area contributed by atoms with Gasteiger partial charge in [-0.05, 0) is 0 Å². The molecule has 15 heavy (non-hydrogen) atoms. The number of hydrogen-bond donors (Lipinski definition) is 1.